The van der Waals surface area contributed by atoms with Crippen molar-refractivity contribution in [2.75, 3.05) is 6.54 Å². The second kappa shape index (κ2) is 6.52. The summed E-state index contributed by atoms with van der Waals surface area (Å²) in [6, 6.07) is 6.96. The number of hydrogen-bond donors (Lipinski definition) is 1. The molecule has 1 N–H and O–H groups in total. The van der Waals surface area contributed by atoms with E-state index in [1.807, 2.05) is 13.8 Å². The van der Waals surface area contributed by atoms with Crippen LogP contribution >= 0.6 is 0 Å². The van der Waals surface area contributed by atoms with Gasteiger partial charge in [-0.3, -0.25) is 4.79 Å². The first-order valence-electron chi connectivity index (χ1n) is 8.19. The zero-order valence-corrected chi connectivity index (χ0v) is 14.2. The molecule has 0 radical (unpaired) electrons. The molecule has 6 heteroatoms. The van der Waals surface area contributed by atoms with Crippen LogP contribution in [-0.4, -0.2) is 39.1 Å². The lowest BCUT2D eigenvalue weighted by Crippen LogP contribution is -2.54. The Labute approximate surface area is 145 Å². The number of aliphatic hydroxyl groups excluding tert-OH is 1. The first-order chi connectivity index (χ1) is 11.8. The molecule has 0 saturated carbocycles. The van der Waals surface area contributed by atoms with E-state index in [-0.39, 0.29) is 5.69 Å². The van der Waals surface area contributed by atoms with Crippen LogP contribution in [0.4, 0.5) is 8.78 Å². The second-order valence-electron chi connectivity index (χ2n) is 6.98. The number of rotatable bonds is 2. The third-order valence-electron chi connectivity index (χ3n) is 4.60. The van der Waals surface area contributed by atoms with Crippen LogP contribution in [0.5, 0.6) is 0 Å². The predicted octanol–water partition coefficient (Wildman–Crippen LogP) is 3.40. The van der Waals surface area contributed by atoms with Crippen molar-refractivity contribution < 1.29 is 18.7 Å². The van der Waals surface area contributed by atoms with Crippen LogP contribution < -0.4 is 0 Å². The number of likely N-dealkylation sites (tertiary alicyclic amines) is 1. The van der Waals surface area contributed by atoms with Crippen LogP contribution in [-0.2, 0) is 0 Å². The Morgan fingerprint density at radius 2 is 2.04 bits per heavy atom. The van der Waals surface area contributed by atoms with E-state index < -0.39 is 29.2 Å². The van der Waals surface area contributed by atoms with Gasteiger partial charge >= 0.3 is 0 Å². The Hall–Kier alpha value is -2.34. The predicted molar refractivity (Wildman–Crippen MR) is 89.9 cm³/mol. The molecular weight excluding hydrogens is 326 g/mol. The standard InChI is InChI=1S/C19H20F2N2O2/c1-19(2)10-15(24)6-7-23(19)18(25)17-16(21)9-13(11-22-17)12-4-3-5-14(20)8-12/h3-5,8-9,11,15,24H,6-7,10H2,1-2H3. The summed E-state index contributed by atoms with van der Waals surface area (Å²) in [6.07, 6.45) is 1.80. The number of aliphatic hydroxyl groups is 1. The summed E-state index contributed by atoms with van der Waals surface area (Å²) < 4.78 is 27.8. The maximum atomic E-state index is 14.5. The number of piperidine rings is 1. The molecule has 132 valence electrons. The average molecular weight is 346 g/mol. The largest absolute Gasteiger partial charge is 0.393 e. The van der Waals surface area contributed by atoms with Crippen molar-refractivity contribution in [3.8, 4) is 11.1 Å². The van der Waals surface area contributed by atoms with E-state index in [0.717, 1.165) is 0 Å². The van der Waals surface area contributed by atoms with Gasteiger partial charge in [0.05, 0.1) is 6.10 Å². The summed E-state index contributed by atoms with van der Waals surface area (Å²) >= 11 is 0. The topological polar surface area (TPSA) is 53.4 Å². The average Bonchev–Trinajstić information content (AvgIpc) is 2.53. The van der Waals surface area contributed by atoms with Gasteiger partial charge in [-0.1, -0.05) is 12.1 Å². The number of carbonyl (C=O) groups is 1. The SMILES string of the molecule is CC1(C)CC(O)CCN1C(=O)c1ncc(-c2cccc(F)c2)cc1F. The normalized spacial score (nSPS) is 19.7. The van der Waals surface area contributed by atoms with Gasteiger partial charge in [0, 0.05) is 23.8 Å². The first-order valence-corrected chi connectivity index (χ1v) is 8.19. The fraction of sp³-hybridized carbons (Fsp3) is 0.368. The number of halogens is 2. The van der Waals surface area contributed by atoms with Crippen LogP contribution in [0.2, 0.25) is 0 Å². The van der Waals surface area contributed by atoms with Gasteiger partial charge in [0.25, 0.3) is 5.91 Å². The Balaban J connectivity index is 1.89. The highest BCUT2D eigenvalue weighted by Crippen LogP contribution is 2.30. The zero-order valence-electron chi connectivity index (χ0n) is 14.2. The highest BCUT2D eigenvalue weighted by Gasteiger charge is 2.38. The Morgan fingerprint density at radius 3 is 2.68 bits per heavy atom. The third-order valence-corrected chi connectivity index (χ3v) is 4.60. The molecule has 0 bridgehead atoms. The van der Waals surface area contributed by atoms with Crippen molar-refractivity contribution in [2.24, 2.45) is 0 Å². The van der Waals surface area contributed by atoms with Crippen LogP contribution in [0.3, 0.4) is 0 Å². The second-order valence-corrected chi connectivity index (χ2v) is 6.98. The lowest BCUT2D eigenvalue weighted by Gasteiger charge is -2.44. The minimum atomic E-state index is -0.742. The summed E-state index contributed by atoms with van der Waals surface area (Å²) in [5, 5.41) is 9.80. The van der Waals surface area contributed by atoms with Gasteiger partial charge in [-0.15, -0.1) is 0 Å². The number of nitrogens with zero attached hydrogens (tertiary/aromatic N) is 2. The number of amides is 1. The van der Waals surface area contributed by atoms with Gasteiger partial charge in [0.15, 0.2) is 11.5 Å². The fourth-order valence-corrected chi connectivity index (χ4v) is 3.30. The Bertz CT molecular complexity index is 808. The molecule has 1 aliphatic heterocycles. The summed E-state index contributed by atoms with van der Waals surface area (Å²) in [6.45, 7) is 4.03. The molecule has 1 saturated heterocycles. The molecule has 3 rings (SSSR count). The molecule has 1 aliphatic rings. The number of carbonyl (C=O) groups excluding carboxylic acids is 1. The van der Waals surface area contributed by atoms with E-state index >= 15 is 0 Å². The van der Waals surface area contributed by atoms with Crippen LogP contribution in [0.1, 0.15) is 37.2 Å². The van der Waals surface area contributed by atoms with Gasteiger partial charge < -0.3 is 10.0 Å². The Kier molecular flexibility index (Phi) is 4.56. The van der Waals surface area contributed by atoms with E-state index in [0.29, 0.717) is 30.5 Å². The molecule has 0 spiro atoms. The minimum absolute atomic E-state index is 0.260. The molecule has 1 amide bonds. The van der Waals surface area contributed by atoms with E-state index in [1.165, 1.54) is 30.5 Å². The van der Waals surface area contributed by atoms with E-state index in [1.54, 1.807) is 11.0 Å². The quantitative estimate of drug-likeness (QED) is 0.907. The molecule has 1 fully saturated rings. The number of pyridine rings is 1. The maximum absolute atomic E-state index is 14.5. The number of benzene rings is 1. The monoisotopic (exact) mass is 346 g/mol. The van der Waals surface area contributed by atoms with Crippen LogP contribution in [0.25, 0.3) is 11.1 Å². The zero-order chi connectivity index (χ0) is 18.2. The van der Waals surface area contributed by atoms with E-state index in [2.05, 4.69) is 4.98 Å². The third kappa shape index (κ3) is 3.54. The van der Waals surface area contributed by atoms with Gasteiger partial charge in [-0.25, -0.2) is 13.8 Å². The van der Waals surface area contributed by atoms with Crippen LogP contribution in [0, 0.1) is 11.6 Å². The van der Waals surface area contributed by atoms with Crippen molar-refractivity contribution in [3.63, 3.8) is 0 Å². The Morgan fingerprint density at radius 1 is 1.28 bits per heavy atom. The summed E-state index contributed by atoms with van der Waals surface area (Å²) in [7, 11) is 0. The summed E-state index contributed by atoms with van der Waals surface area (Å²) in [4.78, 5) is 18.3. The molecule has 0 aliphatic carbocycles. The summed E-state index contributed by atoms with van der Waals surface area (Å²) in [5.74, 6) is -1.67. The van der Waals surface area contributed by atoms with Crippen molar-refractivity contribution in [1.82, 2.24) is 9.88 Å². The molecule has 2 heterocycles. The van der Waals surface area contributed by atoms with Crippen molar-refractivity contribution in [3.05, 3.63) is 53.9 Å². The van der Waals surface area contributed by atoms with Crippen molar-refractivity contribution >= 4 is 5.91 Å². The van der Waals surface area contributed by atoms with E-state index in [9.17, 15) is 18.7 Å². The maximum Gasteiger partial charge on any atom is 0.275 e. The molecular formula is C19H20F2N2O2. The molecule has 1 aromatic carbocycles. The number of hydrogen-bond acceptors (Lipinski definition) is 3. The first kappa shape index (κ1) is 17.5. The van der Waals surface area contributed by atoms with Crippen molar-refractivity contribution in [2.45, 2.75) is 38.3 Å². The smallest absolute Gasteiger partial charge is 0.275 e. The van der Waals surface area contributed by atoms with Crippen molar-refractivity contribution in [1.29, 1.82) is 0 Å². The highest BCUT2D eigenvalue weighted by molar-refractivity contribution is 5.93. The summed E-state index contributed by atoms with van der Waals surface area (Å²) in [5.41, 5.74) is 0.0581. The molecule has 4 nitrogen and oxygen atoms in total. The molecule has 1 unspecified atom stereocenters. The number of aromatic nitrogens is 1. The molecule has 1 atom stereocenters. The van der Waals surface area contributed by atoms with Crippen LogP contribution in [0.15, 0.2) is 36.5 Å². The van der Waals surface area contributed by atoms with Gasteiger partial charge in [-0.2, -0.15) is 0 Å². The lowest BCUT2D eigenvalue weighted by atomic mass is 9.88. The molecule has 2 aromatic rings. The van der Waals surface area contributed by atoms with Gasteiger partial charge in [0.1, 0.15) is 5.82 Å². The minimum Gasteiger partial charge on any atom is -0.393 e. The highest BCUT2D eigenvalue weighted by atomic mass is 19.1. The van der Waals surface area contributed by atoms with Gasteiger partial charge in [-0.05, 0) is 50.5 Å². The fourth-order valence-electron chi connectivity index (χ4n) is 3.30. The lowest BCUT2D eigenvalue weighted by molar-refractivity contribution is 0.00264. The molecule has 25 heavy (non-hydrogen) atoms. The molecule has 1 aromatic heterocycles. The van der Waals surface area contributed by atoms with Gasteiger partial charge in [0.2, 0.25) is 0 Å². The van der Waals surface area contributed by atoms with E-state index in [4.69, 9.17) is 0 Å².